The molecule has 0 aliphatic heterocycles. The predicted molar refractivity (Wildman–Crippen MR) is 92.9 cm³/mol. The van der Waals surface area contributed by atoms with Gasteiger partial charge >= 0.3 is 0 Å². The van der Waals surface area contributed by atoms with Crippen LogP contribution in [0.3, 0.4) is 0 Å². The molecule has 1 amide bonds. The van der Waals surface area contributed by atoms with Crippen molar-refractivity contribution in [2.75, 3.05) is 18.4 Å². The number of hydrogen-bond acceptors (Lipinski definition) is 4. The average molecular weight is 348 g/mol. The summed E-state index contributed by atoms with van der Waals surface area (Å²) in [4.78, 5) is 12.1. The third-order valence-electron chi connectivity index (χ3n) is 3.39. The average Bonchev–Trinajstić information content (AvgIpc) is 3.07. The highest BCUT2D eigenvalue weighted by Gasteiger charge is 2.21. The predicted octanol–water partition coefficient (Wildman–Crippen LogP) is 2.96. The molecule has 1 N–H and O–H groups in total. The quantitative estimate of drug-likeness (QED) is 0.780. The Morgan fingerprint density at radius 2 is 1.96 bits per heavy atom. The van der Waals surface area contributed by atoms with Gasteiger partial charge in [0.1, 0.15) is 5.76 Å². The fourth-order valence-corrected chi connectivity index (χ4v) is 3.68. The lowest BCUT2D eigenvalue weighted by Gasteiger charge is -2.18. The molecule has 0 bridgehead atoms. The molecule has 24 heavy (non-hydrogen) atoms. The van der Waals surface area contributed by atoms with Crippen molar-refractivity contribution in [2.45, 2.75) is 18.7 Å². The van der Waals surface area contributed by atoms with E-state index >= 15 is 0 Å². The lowest BCUT2D eigenvalue weighted by Crippen LogP contribution is -2.30. The summed E-state index contributed by atoms with van der Waals surface area (Å²) in [7, 11) is -3.56. The molecule has 0 atom stereocenters. The molecule has 6 nitrogen and oxygen atoms in total. The first kappa shape index (κ1) is 18.0. The Balaban J connectivity index is 2.14. The van der Waals surface area contributed by atoms with Crippen molar-refractivity contribution in [1.29, 1.82) is 0 Å². The van der Waals surface area contributed by atoms with E-state index in [-0.39, 0.29) is 10.8 Å². The summed E-state index contributed by atoms with van der Waals surface area (Å²) in [6, 6.07) is 9.65. The summed E-state index contributed by atoms with van der Waals surface area (Å²) < 4.78 is 31.5. The second kappa shape index (κ2) is 7.94. The van der Waals surface area contributed by atoms with E-state index in [1.165, 1.54) is 34.9 Å². The first-order chi connectivity index (χ1) is 11.5. The van der Waals surface area contributed by atoms with E-state index in [0.717, 1.165) is 0 Å². The van der Waals surface area contributed by atoms with Gasteiger partial charge in [-0.2, -0.15) is 4.31 Å². The van der Waals surface area contributed by atoms with Gasteiger partial charge in [-0.25, -0.2) is 8.42 Å². The molecular weight excluding hydrogens is 328 g/mol. The number of nitrogens with zero attached hydrogens (tertiary/aromatic N) is 1. The number of carbonyl (C=O) groups excluding carboxylic acids is 1. The van der Waals surface area contributed by atoms with Gasteiger partial charge in [-0.05, 0) is 36.4 Å². The maximum Gasteiger partial charge on any atom is 0.248 e. The molecule has 0 spiro atoms. The molecule has 0 saturated heterocycles. The molecule has 1 aromatic heterocycles. The molecule has 0 saturated carbocycles. The van der Waals surface area contributed by atoms with E-state index in [2.05, 4.69) is 5.32 Å². The Labute approximate surface area is 141 Å². The van der Waals surface area contributed by atoms with E-state index in [1.807, 2.05) is 0 Å². The summed E-state index contributed by atoms with van der Waals surface area (Å²) in [5, 5.41) is 2.64. The number of amides is 1. The summed E-state index contributed by atoms with van der Waals surface area (Å²) in [6.45, 7) is 4.35. The Morgan fingerprint density at radius 3 is 2.58 bits per heavy atom. The number of carbonyl (C=O) groups is 1. The molecule has 2 aromatic rings. The maximum atomic E-state index is 12.5. The van der Waals surface area contributed by atoms with Crippen LogP contribution in [-0.2, 0) is 14.8 Å². The highest BCUT2D eigenvalue weighted by Crippen LogP contribution is 2.19. The van der Waals surface area contributed by atoms with Gasteiger partial charge in [0.05, 0.1) is 11.2 Å². The molecule has 2 rings (SSSR count). The minimum Gasteiger partial charge on any atom is -0.465 e. The highest BCUT2D eigenvalue weighted by atomic mass is 32.2. The zero-order valence-electron chi connectivity index (χ0n) is 13.6. The Hall–Kier alpha value is -2.38. The lowest BCUT2D eigenvalue weighted by molar-refractivity contribution is -0.111. The van der Waals surface area contributed by atoms with Crippen LogP contribution in [0.25, 0.3) is 6.08 Å². The smallest absolute Gasteiger partial charge is 0.248 e. The van der Waals surface area contributed by atoms with Crippen molar-refractivity contribution in [1.82, 2.24) is 4.31 Å². The van der Waals surface area contributed by atoms with Crippen molar-refractivity contribution in [2.24, 2.45) is 0 Å². The van der Waals surface area contributed by atoms with Crippen LogP contribution in [-0.4, -0.2) is 31.7 Å². The second-order valence-corrected chi connectivity index (χ2v) is 6.89. The number of benzene rings is 1. The molecule has 7 heteroatoms. The van der Waals surface area contributed by atoms with E-state index in [9.17, 15) is 13.2 Å². The monoisotopic (exact) mass is 348 g/mol. The van der Waals surface area contributed by atoms with E-state index in [1.54, 1.807) is 38.1 Å². The van der Waals surface area contributed by atoms with Crippen molar-refractivity contribution in [3.8, 4) is 0 Å². The minimum atomic E-state index is -3.56. The van der Waals surface area contributed by atoms with Gasteiger partial charge in [0, 0.05) is 24.9 Å². The molecule has 128 valence electrons. The van der Waals surface area contributed by atoms with Gasteiger partial charge in [0.15, 0.2) is 0 Å². The normalized spacial score (nSPS) is 12.0. The number of rotatable bonds is 7. The van der Waals surface area contributed by atoms with Crippen LogP contribution in [0.4, 0.5) is 5.69 Å². The van der Waals surface area contributed by atoms with Crippen molar-refractivity contribution in [3.63, 3.8) is 0 Å². The van der Waals surface area contributed by atoms with Crippen molar-refractivity contribution >= 4 is 27.7 Å². The van der Waals surface area contributed by atoms with Crippen molar-refractivity contribution in [3.05, 3.63) is 54.5 Å². The first-order valence-corrected chi connectivity index (χ1v) is 9.04. The third kappa shape index (κ3) is 4.33. The topological polar surface area (TPSA) is 79.6 Å². The summed E-state index contributed by atoms with van der Waals surface area (Å²) in [6.07, 6.45) is 4.37. The van der Waals surface area contributed by atoms with Gasteiger partial charge in [-0.3, -0.25) is 4.79 Å². The first-order valence-electron chi connectivity index (χ1n) is 7.60. The molecule has 0 aliphatic carbocycles. The molecule has 1 aromatic carbocycles. The van der Waals surface area contributed by atoms with Crippen LogP contribution in [0.15, 0.2) is 58.1 Å². The van der Waals surface area contributed by atoms with Gasteiger partial charge in [0.2, 0.25) is 15.9 Å². The number of furan rings is 1. The van der Waals surface area contributed by atoms with Crippen LogP contribution in [0.1, 0.15) is 19.6 Å². The van der Waals surface area contributed by atoms with Gasteiger partial charge in [-0.1, -0.05) is 19.9 Å². The molecule has 0 radical (unpaired) electrons. The Morgan fingerprint density at radius 1 is 1.21 bits per heavy atom. The number of sulfonamides is 1. The fourth-order valence-electron chi connectivity index (χ4n) is 2.17. The van der Waals surface area contributed by atoms with Crippen LogP contribution in [0.5, 0.6) is 0 Å². The summed E-state index contributed by atoms with van der Waals surface area (Å²) in [5.74, 6) is 0.187. The Kier molecular flexibility index (Phi) is 5.94. The standard InChI is InChI=1S/C17H20N2O4S/c1-3-19(4-2)24(21,22)16-9-5-7-14(13-16)18-17(20)11-10-15-8-6-12-23-15/h5-13H,3-4H2,1-2H3,(H,18,20)/b11-10+. The van der Waals surface area contributed by atoms with Crippen molar-refractivity contribution < 1.29 is 17.6 Å². The SMILES string of the molecule is CCN(CC)S(=O)(=O)c1cccc(NC(=O)/C=C/c2ccco2)c1. The maximum absolute atomic E-state index is 12.5. The van der Waals surface area contributed by atoms with Crippen LogP contribution >= 0.6 is 0 Å². The molecule has 0 unspecified atom stereocenters. The second-order valence-electron chi connectivity index (χ2n) is 4.96. The summed E-state index contributed by atoms with van der Waals surface area (Å²) in [5.41, 5.74) is 0.414. The number of hydrogen-bond donors (Lipinski definition) is 1. The van der Waals surface area contributed by atoms with E-state index in [4.69, 9.17) is 4.42 Å². The molecule has 1 heterocycles. The number of nitrogens with one attached hydrogen (secondary N) is 1. The minimum absolute atomic E-state index is 0.152. The van der Waals surface area contributed by atoms with Gasteiger partial charge in [0.25, 0.3) is 0 Å². The summed E-state index contributed by atoms with van der Waals surface area (Å²) >= 11 is 0. The lowest BCUT2D eigenvalue weighted by atomic mass is 10.3. The third-order valence-corrected chi connectivity index (χ3v) is 5.43. The molecule has 0 fully saturated rings. The highest BCUT2D eigenvalue weighted by molar-refractivity contribution is 7.89. The zero-order chi connectivity index (χ0) is 17.6. The van der Waals surface area contributed by atoms with Crippen LogP contribution in [0.2, 0.25) is 0 Å². The molecular formula is C17H20N2O4S. The molecule has 0 aliphatic rings. The van der Waals surface area contributed by atoms with Crippen LogP contribution in [0, 0.1) is 0 Å². The van der Waals surface area contributed by atoms with E-state index in [0.29, 0.717) is 24.5 Å². The van der Waals surface area contributed by atoms with E-state index < -0.39 is 10.0 Å². The van der Waals surface area contributed by atoms with Gasteiger partial charge < -0.3 is 9.73 Å². The number of anilines is 1. The van der Waals surface area contributed by atoms with Gasteiger partial charge in [-0.15, -0.1) is 0 Å². The largest absolute Gasteiger partial charge is 0.465 e. The Bertz CT molecular complexity index is 807. The van der Waals surface area contributed by atoms with Crippen LogP contribution < -0.4 is 5.32 Å². The zero-order valence-corrected chi connectivity index (χ0v) is 14.4. The fraction of sp³-hybridized carbons (Fsp3) is 0.235.